The number of rotatable bonds is 3. The Hall–Kier alpha value is -0.150. The Kier molecular flexibility index (Phi) is 2.80. The highest BCUT2D eigenvalue weighted by Crippen LogP contribution is 2.44. The zero-order valence-corrected chi connectivity index (χ0v) is 10.1. The lowest BCUT2D eigenvalue weighted by Gasteiger charge is -2.30. The minimum absolute atomic E-state index is 0.0789. The first-order chi connectivity index (χ1) is 6.91. The van der Waals surface area contributed by atoms with E-state index in [9.17, 15) is 4.39 Å². The van der Waals surface area contributed by atoms with Crippen LogP contribution in [0.2, 0.25) is 0 Å². The van der Waals surface area contributed by atoms with Crippen LogP contribution in [0, 0.1) is 0 Å². The molecule has 3 heteroatoms. The molecular weight excluding hydrogens is 193 g/mol. The molecule has 0 unspecified atom stereocenters. The summed E-state index contributed by atoms with van der Waals surface area (Å²) in [7, 11) is 0. The molecule has 1 saturated heterocycles. The minimum atomic E-state index is -0.614. The van der Waals surface area contributed by atoms with Gasteiger partial charge in [0.2, 0.25) is 0 Å². The number of likely N-dealkylation sites (tertiary alicyclic amines) is 1. The molecule has 0 N–H and O–H groups in total. The second kappa shape index (κ2) is 3.70. The van der Waals surface area contributed by atoms with E-state index in [4.69, 9.17) is 4.74 Å². The van der Waals surface area contributed by atoms with E-state index >= 15 is 0 Å². The molecule has 0 aromatic rings. The highest BCUT2D eigenvalue weighted by Gasteiger charge is 2.50. The van der Waals surface area contributed by atoms with Crippen molar-refractivity contribution in [2.24, 2.45) is 0 Å². The van der Waals surface area contributed by atoms with Gasteiger partial charge in [0.15, 0.2) is 0 Å². The van der Waals surface area contributed by atoms with Gasteiger partial charge in [-0.2, -0.15) is 0 Å². The van der Waals surface area contributed by atoms with Gasteiger partial charge >= 0.3 is 0 Å². The second-order valence-electron chi connectivity index (χ2n) is 5.96. The molecule has 1 saturated carbocycles. The van der Waals surface area contributed by atoms with Crippen LogP contribution in [0.25, 0.3) is 0 Å². The van der Waals surface area contributed by atoms with Crippen LogP contribution in [0.3, 0.4) is 0 Å². The van der Waals surface area contributed by atoms with Crippen molar-refractivity contribution in [2.75, 3.05) is 19.7 Å². The fourth-order valence-electron chi connectivity index (χ4n) is 2.20. The zero-order valence-electron chi connectivity index (χ0n) is 10.1. The number of nitrogens with zero attached hydrogens (tertiary/aromatic N) is 1. The summed E-state index contributed by atoms with van der Waals surface area (Å²) in [4.78, 5) is 2.30. The summed E-state index contributed by atoms with van der Waals surface area (Å²) in [6.45, 7) is 8.52. The summed E-state index contributed by atoms with van der Waals surface area (Å²) in [6, 6.07) is 0. The predicted octanol–water partition coefficient (Wildman–Crippen LogP) is 2.38. The van der Waals surface area contributed by atoms with Gasteiger partial charge in [-0.15, -0.1) is 0 Å². The summed E-state index contributed by atoms with van der Waals surface area (Å²) in [5, 5.41) is 0. The first-order valence-corrected chi connectivity index (χ1v) is 5.94. The predicted molar refractivity (Wildman–Crippen MR) is 58.8 cm³/mol. The average molecular weight is 215 g/mol. The molecule has 2 nitrogen and oxygen atoms in total. The summed E-state index contributed by atoms with van der Waals surface area (Å²) >= 11 is 0. The summed E-state index contributed by atoms with van der Waals surface area (Å²) in [5.74, 6) is 0. The Morgan fingerprint density at radius 3 is 2.47 bits per heavy atom. The van der Waals surface area contributed by atoms with E-state index < -0.39 is 6.17 Å². The molecule has 0 radical (unpaired) electrons. The maximum Gasteiger partial charge on any atom is 0.114 e. The largest absolute Gasteiger partial charge is 0.374 e. The minimum Gasteiger partial charge on any atom is -0.374 e. The smallest absolute Gasteiger partial charge is 0.114 e. The van der Waals surface area contributed by atoms with Gasteiger partial charge < -0.3 is 4.74 Å². The molecule has 88 valence electrons. The fraction of sp³-hybridized carbons (Fsp3) is 1.00. The van der Waals surface area contributed by atoms with Crippen LogP contribution in [-0.2, 0) is 4.74 Å². The van der Waals surface area contributed by atoms with Gasteiger partial charge in [0.25, 0.3) is 0 Å². The molecule has 0 aromatic carbocycles. The number of hydrogen-bond donors (Lipinski definition) is 0. The molecule has 1 aliphatic heterocycles. The lowest BCUT2D eigenvalue weighted by Crippen LogP contribution is -2.41. The van der Waals surface area contributed by atoms with Crippen LogP contribution >= 0.6 is 0 Å². The van der Waals surface area contributed by atoms with E-state index in [1.54, 1.807) is 0 Å². The molecule has 15 heavy (non-hydrogen) atoms. The van der Waals surface area contributed by atoms with Gasteiger partial charge in [-0.05, 0) is 40.0 Å². The number of ether oxygens (including phenoxy) is 1. The van der Waals surface area contributed by atoms with E-state index in [0.717, 1.165) is 13.2 Å². The van der Waals surface area contributed by atoms with Crippen molar-refractivity contribution < 1.29 is 9.13 Å². The van der Waals surface area contributed by atoms with Gasteiger partial charge in [0.1, 0.15) is 6.17 Å². The number of halogens is 1. The molecule has 0 amide bonds. The fourth-order valence-corrected chi connectivity index (χ4v) is 2.20. The second-order valence-corrected chi connectivity index (χ2v) is 5.96. The van der Waals surface area contributed by atoms with Crippen LogP contribution in [-0.4, -0.2) is 41.9 Å². The van der Waals surface area contributed by atoms with E-state index in [2.05, 4.69) is 25.7 Å². The first kappa shape index (κ1) is 11.3. The normalized spacial score (nSPS) is 30.8. The van der Waals surface area contributed by atoms with Crippen molar-refractivity contribution in [3.8, 4) is 0 Å². The molecule has 0 spiro atoms. The van der Waals surface area contributed by atoms with Gasteiger partial charge in [0.05, 0.1) is 12.2 Å². The van der Waals surface area contributed by atoms with Crippen LogP contribution < -0.4 is 0 Å². The topological polar surface area (TPSA) is 12.5 Å². The zero-order chi connectivity index (χ0) is 11.1. The van der Waals surface area contributed by atoms with Crippen molar-refractivity contribution in [1.29, 1.82) is 0 Å². The van der Waals surface area contributed by atoms with Crippen molar-refractivity contribution in [3.63, 3.8) is 0 Å². The molecule has 2 aliphatic rings. The highest BCUT2D eigenvalue weighted by molar-refractivity contribution is 5.06. The Morgan fingerprint density at radius 2 is 2.07 bits per heavy atom. The van der Waals surface area contributed by atoms with Crippen molar-refractivity contribution in [2.45, 2.75) is 57.3 Å². The SMILES string of the molecule is CC(C)(C)OCC1(N2CC[C@H](F)C2)CC1. The molecule has 2 fully saturated rings. The third-order valence-electron chi connectivity index (χ3n) is 3.40. The first-order valence-electron chi connectivity index (χ1n) is 5.94. The van der Waals surface area contributed by atoms with E-state index in [-0.39, 0.29) is 11.1 Å². The molecule has 1 atom stereocenters. The van der Waals surface area contributed by atoms with Gasteiger partial charge in [-0.1, -0.05) is 0 Å². The molecular formula is C12H22FNO. The Bertz CT molecular complexity index is 232. The van der Waals surface area contributed by atoms with Gasteiger partial charge in [-0.3, -0.25) is 4.90 Å². The average Bonchev–Trinajstić information content (AvgIpc) is 2.79. The third-order valence-corrected chi connectivity index (χ3v) is 3.40. The Balaban J connectivity index is 1.85. The molecule has 2 rings (SSSR count). The van der Waals surface area contributed by atoms with Crippen molar-refractivity contribution in [1.82, 2.24) is 4.90 Å². The third kappa shape index (κ3) is 2.70. The maximum absolute atomic E-state index is 13.1. The van der Waals surface area contributed by atoms with Crippen LogP contribution in [0.15, 0.2) is 0 Å². The van der Waals surface area contributed by atoms with E-state index in [1.165, 1.54) is 12.8 Å². The molecule has 0 bridgehead atoms. The Labute approximate surface area is 91.8 Å². The maximum atomic E-state index is 13.1. The van der Waals surface area contributed by atoms with Crippen LogP contribution in [0.5, 0.6) is 0 Å². The van der Waals surface area contributed by atoms with Crippen LogP contribution in [0.1, 0.15) is 40.0 Å². The quantitative estimate of drug-likeness (QED) is 0.716. The molecule has 1 aliphatic carbocycles. The standard InChI is InChI=1S/C12H22FNO/c1-11(2,3)15-9-12(5-6-12)14-7-4-10(13)8-14/h10H,4-9H2,1-3H3/t10-/m0/s1. The summed E-state index contributed by atoms with van der Waals surface area (Å²) in [6.07, 6.45) is 2.44. The monoisotopic (exact) mass is 215 g/mol. The number of hydrogen-bond acceptors (Lipinski definition) is 2. The molecule has 0 aromatic heterocycles. The van der Waals surface area contributed by atoms with E-state index in [0.29, 0.717) is 13.0 Å². The lowest BCUT2D eigenvalue weighted by atomic mass is 10.2. The van der Waals surface area contributed by atoms with Gasteiger partial charge in [0, 0.05) is 18.6 Å². The summed E-state index contributed by atoms with van der Waals surface area (Å²) in [5.41, 5.74) is 0.110. The van der Waals surface area contributed by atoms with Crippen LogP contribution in [0.4, 0.5) is 4.39 Å². The lowest BCUT2D eigenvalue weighted by molar-refractivity contribution is -0.0397. The highest BCUT2D eigenvalue weighted by atomic mass is 19.1. The number of alkyl halides is 1. The summed E-state index contributed by atoms with van der Waals surface area (Å²) < 4.78 is 19.0. The van der Waals surface area contributed by atoms with E-state index in [1.807, 2.05) is 0 Å². The van der Waals surface area contributed by atoms with Crippen molar-refractivity contribution in [3.05, 3.63) is 0 Å². The van der Waals surface area contributed by atoms with Gasteiger partial charge in [-0.25, -0.2) is 4.39 Å². The molecule has 1 heterocycles. The Morgan fingerprint density at radius 1 is 1.40 bits per heavy atom. The van der Waals surface area contributed by atoms with Crippen molar-refractivity contribution >= 4 is 0 Å².